The minimum Gasteiger partial charge on any atom is -1.00 e. The summed E-state index contributed by atoms with van der Waals surface area (Å²) in [7, 11) is 0.265. The third kappa shape index (κ3) is 8.35. The first kappa shape index (κ1) is 34.4. The predicted molar refractivity (Wildman–Crippen MR) is 157 cm³/mol. The lowest BCUT2D eigenvalue weighted by Gasteiger charge is -2.39. The molecule has 0 amide bonds. The molecule has 0 fully saturated rings. The molecule has 226 valence electrons. The van der Waals surface area contributed by atoms with Crippen molar-refractivity contribution in [3.05, 3.63) is 53.6 Å². The topological polar surface area (TPSA) is 85.3 Å². The van der Waals surface area contributed by atoms with E-state index in [4.69, 9.17) is 14.2 Å². The number of anilines is 1. The van der Waals surface area contributed by atoms with Crippen molar-refractivity contribution in [2.75, 3.05) is 57.8 Å². The van der Waals surface area contributed by atoms with Crippen LogP contribution in [0.4, 0.5) is 5.69 Å². The maximum Gasteiger partial charge on any atom is 0.179 e. The van der Waals surface area contributed by atoms with Gasteiger partial charge in [0.2, 0.25) is 0 Å². The lowest BCUT2D eigenvalue weighted by molar-refractivity contribution is -0.0000157. The number of fused-ring (bicyclic) bond motifs is 1. The van der Waals surface area contributed by atoms with Gasteiger partial charge in [0.15, 0.2) is 9.84 Å². The van der Waals surface area contributed by atoms with E-state index < -0.39 is 27.3 Å². The highest BCUT2D eigenvalue weighted by molar-refractivity contribution is 7.91. The highest BCUT2D eigenvalue weighted by Crippen LogP contribution is 2.49. The molecule has 1 aliphatic heterocycles. The molecule has 7 nitrogen and oxygen atoms in total. The number of aliphatic hydroxyl groups excluding tert-OH is 1. The molecular weight excluding hydrogens is 550 g/mol. The third-order valence-electron chi connectivity index (χ3n) is 7.79. The van der Waals surface area contributed by atoms with Gasteiger partial charge in [-0.15, -0.1) is 0 Å². The van der Waals surface area contributed by atoms with Gasteiger partial charge < -0.3 is 36.6 Å². The van der Waals surface area contributed by atoms with Crippen molar-refractivity contribution < 1.29 is 40.1 Å². The van der Waals surface area contributed by atoms with Crippen LogP contribution in [0.1, 0.15) is 69.9 Å². The first-order valence-corrected chi connectivity index (χ1v) is 15.9. The Morgan fingerprint density at radius 1 is 0.925 bits per heavy atom. The summed E-state index contributed by atoms with van der Waals surface area (Å²) in [6.45, 7) is 8.92. The second kappa shape index (κ2) is 16.0. The molecule has 1 heterocycles. The normalized spacial score (nSPS) is 21.6. The molecule has 0 aliphatic carbocycles. The van der Waals surface area contributed by atoms with Gasteiger partial charge >= 0.3 is 0 Å². The number of rotatable bonds is 15. The van der Waals surface area contributed by atoms with Gasteiger partial charge in [-0.3, -0.25) is 0 Å². The molecule has 1 aliphatic rings. The minimum atomic E-state index is -3.60. The number of unbranched alkanes of at least 4 members (excludes halogenated alkanes) is 1. The summed E-state index contributed by atoms with van der Waals surface area (Å²) in [5, 5.41) is 12.1. The van der Waals surface area contributed by atoms with Crippen LogP contribution >= 0.6 is 0 Å². The molecule has 0 saturated heterocycles. The number of nitrogens with zero attached hydrogens (tertiary/aromatic N) is 1. The second-order valence-electron chi connectivity index (χ2n) is 10.8. The van der Waals surface area contributed by atoms with Crippen molar-refractivity contribution in [1.29, 1.82) is 0 Å². The summed E-state index contributed by atoms with van der Waals surface area (Å²) >= 11 is 0. The molecule has 0 aromatic heterocycles. The highest BCUT2D eigenvalue weighted by atomic mass is 35.5. The summed E-state index contributed by atoms with van der Waals surface area (Å²) in [5.41, 5.74) is 1.71. The number of halogens is 1. The average molecular weight is 597 g/mol. The van der Waals surface area contributed by atoms with Crippen LogP contribution < -0.4 is 22.0 Å². The van der Waals surface area contributed by atoms with Crippen molar-refractivity contribution >= 4 is 15.5 Å². The van der Waals surface area contributed by atoms with E-state index in [2.05, 4.69) is 13.8 Å². The summed E-state index contributed by atoms with van der Waals surface area (Å²) in [5.74, 6) is 0.178. The van der Waals surface area contributed by atoms with Gasteiger partial charge in [-0.2, -0.15) is 0 Å². The molecule has 3 rings (SSSR count). The molecule has 2 aromatic rings. The van der Waals surface area contributed by atoms with Crippen LogP contribution in [0.5, 0.6) is 5.75 Å². The Balaban J connectivity index is 0.00000560. The Hall–Kier alpha value is -1.84. The molecule has 3 atom stereocenters. The predicted octanol–water partition coefficient (Wildman–Crippen LogP) is 2.45. The van der Waals surface area contributed by atoms with Crippen LogP contribution in [0.15, 0.2) is 47.4 Å². The fourth-order valence-corrected chi connectivity index (χ4v) is 7.71. The number of hydrogen-bond donors (Lipinski definition) is 1. The summed E-state index contributed by atoms with van der Waals surface area (Å²) < 4.78 is 44.4. The number of hydrogen-bond acceptors (Lipinski definition) is 7. The second-order valence-corrected chi connectivity index (χ2v) is 12.7. The van der Waals surface area contributed by atoms with Gasteiger partial charge in [0, 0.05) is 37.7 Å². The van der Waals surface area contributed by atoms with Crippen molar-refractivity contribution in [3.63, 3.8) is 0 Å². The van der Waals surface area contributed by atoms with Crippen LogP contribution in [0, 0.1) is 5.41 Å². The maximum absolute atomic E-state index is 13.8. The lowest BCUT2D eigenvalue weighted by Crippen LogP contribution is -3.00. The largest absolute Gasteiger partial charge is 1.00 e. The molecule has 2 aromatic carbocycles. The van der Waals surface area contributed by atoms with Crippen LogP contribution in [-0.2, 0) is 19.3 Å². The van der Waals surface area contributed by atoms with E-state index in [1.807, 2.05) is 62.3 Å². The van der Waals surface area contributed by atoms with Gasteiger partial charge in [-0.25, -0.2) is 8.42 Å². The zero-order chi connectivity index (χ0) is 28.5. The molecular formula is C31H47ClNO6S-. The van der Waals surface area contributed by atoms with E-state index in [0.717, 1.165) is 37.1 Å². The lowest BCUT2D eigenvalue weighted by atomic mass is 9.69. The third-order valence-corrected chi connectivity index (χ3v) is 9.79. The smallest absolute Gasteiger partial charge is 0.179 e. The van der Waals surface area contributed by atoms with Crippen molar-refractivity contribution in [2.24, 2.45) is 5.41 Å². The number of aliphatic hydroxyl groups is 1. The van der Waals surface area contributed by atoms with Crippen LogP contribution in [0.2, 0.25) is 0 Å². The Kier molecular flexibility index (Phi) is 13.7. The molecule has 0 radical (unpaired) electrons. The van der Waals surface area contributed by atoms with E-state index in [-0.39, 0.29) is 18.2 Å². The first-order chi connectivity index (χ1) is 18.7. The Bertz CT molecular complexity index is 1140. The van der Waals surface area contributed by atoms with Crippen LogP contribution in [0.25, 0.3) is 0 Å². The monoisotopic (exact) mass is 596 g/mol. The fourth-order valence-electron chi connectivity index (χ4n) is 5.46. The van der Waals surface area contributed by atoms with E-state index in [1.54, 1.807) is 6.07 Å². The minimum absolute atomic E-state index is 0. The van der Waals surface area contributed by atoms with E-state index in [0.29, 0.717) is 55.5 Å². The van der Waals surface area contributed by atoms with E-state index >= 15 is 0 Å². The van der Waals surface area contributed by atoms with Crippen molar-refractivity contribution in [3.8, 4) is 5.75 Å². The Morgan fingerprint density at radius 3 is 2.17 bits per heavy atom. The molecule has 0 unspecified atom stereocenters. The molecule has 1 N–H and O–H groups in total. The fraction of sp³-hybridized carbons (Fsp3) is 0.613. The standard InChI is InChI=1S/C31H47NO6S.ClH/c1-6-9-16-31(8-3)23-39(34,35)28-15-12-25(32(4)5)22-27(28)29(30(31)33)24-10-13-26(14-11-24)38-21-20-37-19-18-36-17-7-2;/h10-15,22,29-30,33H,6-9,16-21,23H2,1-5H3;1H/p-1/t29-,30-,31-;/m1./s1. The van der Waals surface area contributed by atoms with Gasteiger partial charge in [-0.1, -0.05) is 45.7 Å². The first-order valence-electron chi connectivity index (χ1n) is 14.3. The molecule has 0 spiro atoms. The zero-order valence-corrected chi connectivity index (χ0v) is 26.3. The highest BCUT2D eigenvalue weighted by Gasteiger charge is 2.49. The number of ether oxygens (including phenoxy) is 3. The van der Waals surface area contributed by atoms with E-state index in [1.165, 1.54) is 0 Å². The quantitative estimate of drug-likeness (QED) is 0.316. The Labute approximate surface area is 247 Å². The maximum atomic E-state index is 13.8. The van der Waals surface area contributed by atoms with Crippen molar-refractivity contribution in [2.45, 2.75) is 69.8 Å². The van der Waals surface area contributed by atoms with Gasteiger partial charge in [0.25, 0.3) is 0 Å². The van der Waals surface area contributed by atoms with Crippen LogP contribution in [-0.4, -0.2) is 72.5 Å². The van der Waals surface area contributed by atoms with Crippen molar-refractivity contribution in [1.82, 2.24) is 0 Å². The van der Waals surface area contributed by atoms with Gasteiger partial charge in [0.1, 0.15) is 12.4 Å². The molecule has 0 saturated carbocycles. The van der Waals surface area contributed by atoms with Crippen LogP contribution in [0.3, 0.4) is 0 Å². The molecule has 0 bridgehead atoms. The number of benzene rings is 2. The zero-order valence-electron chi connectivity index (χ0n) is 24.7. The Morgan fingerprint density at radius 2 is 1.57 bits per heavy atom. The van der Waals surface area contributed by atoms with Gasteiger partial charge in [0.05, 0.1) is 36.6 Å². The molecule has 9 heteroatoms. The summed E-state index contributed by atoms with van der Waals surface area (Å²) in [4.78, 5) is 2.28. The average Bonchev–Trinajstić information content (AvgIpc) is 2.99. The summed E-state index contributed by atoms with van der Waals surface area (Å²) in [6.07, 6.45) is 3.20. The number of sulfone groups is 1. The van der Waals surface area contributed by atoms with E-state index in [9.17, 15) is 13.5 Å². The summed E-state index contributed by atoms with van der Waals surface area (Å²) in [6, 6.07) is 13.2. The molecule has 40 heavy (non-hydrogen) atoms. The SMILES string of the molecule is CCCC[C@]1(CC)CS(=O)(=O)c2ccc(N(C)C)cc2[C@@H](c2ccc(OCCOCCOCCC)cc2)[C@H]1O.[Cl-]. The van der Waals surface area contributed by atoms with Gasteiger partial charge in [-0.05, 0) is 60.7 Å².